The van der Waals surface area contributed by atoms with Crippen molar-refractivity contribution >= 4 is 5.97 Å². The predicted octanol–water partition coefficient (Wildman–Crippen LogP) is 3.83. The smallest absolute Gasteiger partial charge is 0.339 e. The Kier molecular flexibility index (Phi) is 3.63. The molecule has 0 aromatic heterocycles. The lowest BCUT2D eigenvalue weighted by molar-refractivity contribution is 0.0400. The summed E-state index contributed by atoms with van der Waals surface area (Å²) < 4.78 is 11.6. The molecule has 4 nitrogen and oxygen atoms in total. The van der Waals surface area contributed by atoms with Crippen LogP contribution in [0.1, 0.15) is 49.0 Å². The second kappa shape index (κ2) is 5.34. The minimum Gasteiger partial charge on any atom is -0.496 e. The van der Waals surface area contributed by atoms with Crippen molar-refractivity contribution in [3.05, 3.63) is 34.9 Å². The lowest BCUT2D eigenvalue weighted by Gasteiger charge is -2.35. The predicted molar refractivity (Wildman–Crippen MR) is 83.8 cm³/mol. The van der Waals surface area contributed by atoms with Crippen LogP contribution >= 0.6 is 0 Å². The van der Waals surface area contributed by atoms with Gasteiger partial charge in [0.15, 0.2) is 0 Å². The van der Waals surface area contributed by atoms with Crippen molar-refractivity contribution in [2.45, 2.75) is 45.1 Å². The summed E-state index contributed by atoms with van der Waals surface area (Å²) in [5.74, 6) is 0.643. The quantitative estimate of drug-likeness (QED) is 0.862. The molecule has 1 aromatic carbocycles. The second-order valence-corrected chi connectivity index (χ2v) is 6.54. The van der Waals surface area contributed by atoms with Gasteiger partial charge in [0.1, 0.15) is 22.7 Å². The van der Waals surface area contributed by atoms with Crippen LogP contribution in [-0.4, -0.2) is 23.8 Å². The standard InChI is InChI=1S/C18H22O4/c1-11-4-6-12(7-5-11)18(2)10-14-15(21-3)9-8-13(17(19)20)16(14)22-18/h4,8-9,12H,5-7,10H2,1-3H3,(H,19,20)/t12?,18-/m1/s1. The number of fused-ring (bicyclic) bond motifs is 1. The highest BCUT2D eigenvalue weighted by Gasteiger charge is 2.44. The monoisotopic (exact) mass is 302 g/mol. The van der Waals surface area contributed by atoms with Crippen LogP contribution in [0.4, 0.5) is 0 Å². The maximum Gasteiger partial charge on any atom is 0.339 e. The maximum atomic E-state index is 11.5. The molecule has 2 aliphatic rings. The van der Waals surface area contributed by atoms with Crippen LogP contribution in [0.25, 0.3) is 0 Å². The zero-order valence-corrected chi connectivity index (χ0v) is 13.3. The van der Waals surface area contributed by atoms with Gasteiger partial charge in [0.2, 0.25) is 0 Å². The van der Waals surface area contributed by atoms with Gasteiger partial charge in [0.05, 0.1) is 7.11 Å². The normalized spacial score (nSPS) is 26.9. The summed E-state index contributed by atoms with van der Waals surface area (Å²) in [6, 6.07) is 3.29. The molecule has 2 atom stereocenters. The molecule has 0 saturated heterocycles. The average Bonchev–Trinajstić information content (AvgIpc) is 2.84. The highest BCUT2D eigenvalue weighted by atomic mass is 16.5. The van der Waals surface area contributed by atoms with Crippen LogP contribution in [0.5, 0.6) is 11.5 Å². The SMILES string of the molecule is COc1ccc(C(=O)O)c2c1C[C@](C)(C1CC=C(C)CC1)O2. The first kappa shape index (κ1) is 14.9. The van der Waals surface area contributed by atoms with Crippen LogP contribution in [-0.2, 0) is 6.42 Å². The lowest BCUT2D eigenvalue weighted by atomic mass is 9.76. The number of allylic oxidation sites excluding steroid dienone is 2. The number of methoxy groups -OCH3 is 1. The molecule has 0 amide bonds. The third-order valence-electron chi connectivity index (χ3n) is 5.03. The minimum atomic E-state index is -0.956. The van der Waals surface area contributed by atoms with E-state index in [1.54, 1.807) is 19.2 Å². The Balaban J connectivity index is 1.97. The summed E-state index contributed by atoms with van der Waals surface area (Å²) in [6.45, 7) is 4.26. The van der Waals surface area contributed by atoms with Gasteiger partial charge in [-0.15, -0.1) is 0 Å². The van der Waals surface area contributed by atoms with E-state index in [0.29, 0.717) is 23.8 Å². The van der Waals surface area contributed by atoms with Crippen molar-refractivity contribution in [2.24, 2.45) is 5.92 Å². The third kappa shape index (κ3) is 2.36. The van der Waals surface area contributed by atoms with Crippen LogP contribution < -0.4 is 9.47 Å². The molecule has 22 heavy (non-hydrogen) atoms. The van der Waals surface area contributed by atoms with Crippen LogP contribution in [0.2, 0.25) is 0 Å². The van der Waals surface area contributed by atoms with E-state index >= 15 is 0 Å². The number of benzene rings is 1. The summed E-state index contributed by atoms with van der Waals surface area (Å²) in [5, 5.41) is 9.40. The number of carboxylic acids is 1. The minimum absolute atomic E-state index is 0.224. The first-order valence-corrected chi connectivity index (χ1v) is 7.72. The van der Waals surface area contributed by atoms with Gasteiger partial charge in [-0.05, 0) is 45.2 Å². The molecule has 1 aliphatic carbocycles. The van der Waals surface area contributed by atoms with E-state index in [-0.39, 0.29) is 11.2 Å². The Morgan fingerprint density at radius 2 is 2.23 bits per heavy atom. The summed E-state index contributed by atoms with van der Waals surface area (Å²) >= 11 is 0. The Morgan fingerprint density at radius 3 is 2.82 bits per heavy atom. The van der Waals surface area contributed by atoms with Gasteiger partial charge < -0.3 is 14.6 Å². The third-order valence-corrected chi connectivity index (χ3v) is 5.03. The van der Waals surface area contributed by atoms with E-state index in [2.05, 4.69) is 19.9 Å². The molecule has 0 fully saturated rings. The summed E-state index contributed by atoms with van der Waals surface area (Å²) in [4.78, 5) is 11.5. The molecule has 1 aliphatic heterocycles. The Bertz CT molecular complexity index is 647. The van der Waals surface area contributed by atoms with E-state index in [0.717, 1.165) is 24.8 Å². The number of ether oxygens (including phenoxy) is 2. The Labute approximate surface area is 130 Å². The van der Waals surface area contributed by atoms with Gasteiger partial charge in [-0.1, -0.05) is 11.6 Å². The summed E-state index contributed by atoms with van der Waals surface area (Å²) in [5.41, 5.74) is 2.18. The molecule has 1 unspecified atom stereocenters. The molecule has 0 saturated carbocycles. The van der Waals surface area contributed by atoms with Crippen LogP contribution in [0.3, 0.4) is 0 Å². The second-order valence-electron chi connectivity index (χ2n) is 6.54. The van der Waals surface area contributed by atoms with Gasteiger partial charge in [-0.25, -0.2) is 4.79 Å². The van der Waals surface area contributed by atoms with E-state index < -0.39 is 5.97 Å². The van der Waals surface area contributed by atoms with Gasteiger partial charge in [0.25, 0.3) is 0 Å². The van der Waals surface area contributed by atoms with Crippen LogP contribution in [0, 0.1) is 5.92 Å². The highest BCUT2D eigenvalue weighted by Crippen LogP contribution is 2.48. The molecule has 0 bridgehead atoms. The Morgan fingerprint density at radius 1 is 1.45 bits per heavy atom. The van der Waals surface area contributed by atoms with Crippen molar-refractivity contribution in [1.82, 2.24) is 0 Å². The topological polar surface area (TPSA) is 55.8 Å². The average molecular weight is 302 g/mol. The van der Waals surface area contributed by atoms with Gasteiger partial charge in [-0.2, -0.15) is 0 Å². The number of hydrogen-bond donors (Lipinski definition) is 1. The van der Waals surface area contributed by atoms with Crippen LogP contribution in [0.15, 0.2) is 23.8 Å². The number of hydrogen-bond acceptors (Lipinski definition) is 3. The lowest BCUT2D eigenvalue weighted by Crippen LogP contribution is -2.40. The van der Waals surface area contributed by atoms with Crippen molar-refractivity contribution < 1.29 is 19.4 Å². The first-order valence-electron chi connectivity index (χ1n) is 7.72. The number of rotatable bonds is 3. The number of carbonyl (C=O) groups is 1. The molecule has 0 spiro atoms. The summed E-state index contributed by atoms with van der Waals surface area (Å²) in [7, 11) is 1.61. The van der Waals surface area contributed by atoms with Crippen molar-refractivity contribution in [3.8, 4) is 11.5 Å². The fraction of sp³-hybridized carbons (Fsp3) is 0.500. The zero-order valence-electron chi connectivity index (χ0n) is 13.3. The van der Waals surface area contributed by atoms with Crippen molar-refractivity contribution in [3.63, 3.8) is 0 Å². The molecule has 4 heteroatoms. The molecule has 0 radical (unpaired) electrons. The Hall–Kier alpha value is -1.97. The summed E-state index contributed by atoms with van der Waals surface area (Å²) in [6.07, 6.45) is 6.13. The fourth-order valence-corrected chi connectivity index (χ4v) is 3.62. The van der Waals surface area contributed by atoms with Gasteiger partial charge in [0, 0.05) is 17.9 Å². The molecule has 3 rings (SSSR count). The van der Waals surface area contributed by atoms with E-state index in [1.807, 2.05) is 0 Å². The molecule has 1 aromatic rings. The van der Waals surface area contributed by atoms with E-state index in [1.165, 1.54) is 5.57 Å². The maximum absolute atomic E-state index is 11.5. The molecule has 1 N–H and O–H groups in total. The van der Waals surface area contributed by atoms with E-state index in [4.69, 9.17) is 9.47 Å². The molecule has 118 valence electrons. The zero-order chi connectivity index (χ0) is 15.9. The fourth-order valence-electron chi connectivity index (χ4n) is 3.62. The van der Waals surface area contributed by atoms with Crippen molar-refractivity contribution in [1.29, 1.82) is 0 Å². The highest BCUT2D eigenvalue weighted by molar-refractivity contribution is 5.92. The molecule has 1 heterocycles. The van der Waals surface area contributed by atoms with E-state index in [9.17, 15) is 9.90 Å². The van der Waals surface area contributed by atoms with Gasteiger partial charge >= 0.3 is 5.97 Å². The van der Waals surface area contributed by atoms with Crippen molar-refractivity contribution in [2.75, 3.05) is 7.11 Å². The largest absolute Gasteiger partial charge is 0.496 e. The first-order chi connectivity index (χ1) is 10.4. The number of aromatic carboxylic acids is 1. The molecular weight excluding hydrogens is 280 g/mol. The molecular formula is C18H22O4. The van der Waals surface area contributed by atoms with Gasteiger partial charge in [-0.3, -0.25) is 0 Å². The number of carboxylic acid groups (broad SMARTS) is 1.